The third kappa shape index (κ3) is 3.36. The number of hydrogen-bond acceptors (Lipinski definition) is 8. The van der Waals surface area contributed by atoms with Crippen molar-refractivity contribution in [3.63, 3.8) is 0 Å². The number of amides is 4. The number of fused-ring (bicyclic) bond motifs is 1. The van der Waals surface area contributed by atoms with Crippen LogP contribution in [0.3, 0.4) is 0 Å². The van der Waals surface area contributed by atoms with Crippen LogP contribution in [-0.4, -0.2) is 62.7 Å². The van der Waals surface area contributed by atoms with E-state index in [1.54, 1.807) is 22.0 Å². The molecule has 0 bridgehead atoms. The second-order valence-electron chi connectivity index (χ2n) is 8.03. The number of carbonyl (C=O) groups is 3. The molecule has 5 heterocycles. The zero-order chi connectivity index (χ0) is 22.5. The molecular weight excluding hydrogens is 434 g/mol. The molecule has 0 aromatic carbocycles. The van der Waals surface area contributed by atoms with E-state index in [2.05, 4.69) is 25.7 Å². The lowest BCUT2D eigenvalue weighted by Crippen LogP contribution is -2.47. The summed E-state index contributed by atoms with van der Waals surface area (Å²) in [5.41, 5.74) is 1.62. The van der Waals surface area contributed by atoms with Gasteiger partial charge in [0.05, 0.1) is 23.4 Å². The molecule has 2 N–H and O–H groups in total. The number of rotatable bonds is 3. The third-order valence-electron chi connectivity index (χ3n) is 6.05. The zero-order valence-corrected chi connectivity index (χ0v) is 18.4. The largest absolute Gasteiger partial charge is 0.479 e. The average Bonchev–Trinajstić information content (AvgIpc) is 3.45. The number of nitrogens with zero attached hydrogens (tertiary/aromatic N) is 5. The van der Waals surface area contributed by atoms with Gasteiger partial charge in [0.1, 0.15) is 5.52 Å². The Bertz CT molecular complexity index is 1240. The molecule has 166 valence electrons. The van der Waals surface area contributed by atoms with Crippen LogP contribution in [0.4, 0.5) is 9.93 Å². The van der Waals surface area contributed by atoms with Crippen LogP contribution in [0.1, 0.15) is 19.3 Å². The van der Waals surface area contributed by atoms with Crippen molar-refractivity contribution in [2.75, 3.05) is 25.5 Å². The van der Waals surface area contributed by atoms with Crippen LogP contribution < -0.4 is 15.4 Å². The Hall–Kier alpha value is -3.54. The zero-order valence-electron chi connectivity index (χ0n) is 17.5. The molecular formula is C20H21N7O4S. The van der Waals surface area contributed by atoms with Gasteiger partial charge in [-0.2, -0.15) is 5.10 Å². The Labute approximate surface area is 186 Å². The van der Waals surface area contributed by atoms with Gasteiger partial charge < -0.3 is 9.64 Å². The number of likely N-dealkylation sites (tertiary alicyclic amines) is 1. The van der Waals surface area contributed by atoms with E-state index in [1.165, 1.54) is 18.4 Å². The highest BCUT2D eigenvalue weighted by Crippen LogP contribution is 2.40. The number of methoxy groups -OCH3 is 1. The van der Waals surface area contributed by atoms with Crippen LogP contribution in [0.25, 0.3) is 21.3 Å². The number of urea groups is 1. The first-order valence-corrected chi connectivity index (χ1v) is 10.9. The number of aryl methyl sites for hydroxylation is 1. The van der Waals surface area contributed by atoms with Crippen molar-refractivity contribution >= 4 is 44.5 Å². The SMILES string of the molecule is COc1ncc(-c2cnn(C)c2)c2sc(NC(=O)N3CCC4(CC3)CC(=O)NC4=O)nc12. The smallest absolute Gasteiger partial charge is 0.323 e. The lowest BCUT2D eigenvalue weighted by atomic mass is 9.77. The normalized spacial score (nSPS) is 17.8. The van der Waals surface area contributed by atoms with E-state index < -0.39 is 5.41 Å². The quantitative estimate of drug-likeness (QED) is 0.575. The van der Waals surface area contributed by atoms with E-state index in [4.69, 9.17) is 4.74 Å². The van der Waals surface area contributed by atoms with Crippen molar-refractivity contribution in [1.82, 2.24) is 30.0 Å². The van der Waals surface area contributed by atoms with Crippen molar-refractivity contribution in [2.45, 2.75) is 19.3 Å². The summed E-state index contributed by atoms with van der Waals surface area (Å²) in [5.74, 6) is -0.0909. The molecule has 3 aromatic rings. The highest BCUT2D eigenvalue weighted by molar-refractivity contribution is 7.23. The Morgan fingerprint density at radius 2 is 2.06 bits per heavy atom. The number of hydrogen-bond donors (Lipinski definition) is 2. The second-order valence-corrected chi connectivity index (χ2v) is 9.03. The number of carbonyl (C=O) groups excluding carboxylic acids is 3. The number of ether oxygens (including phenoxy) is 1. The maximum atomic E-state index is 12.9. The summed E-state index contributed by atoms with van der Waals surface area (Å²) < 4.78 is 7.89. The van der Waals surface area contributed by atoms with Crippen LogP contribution in [0.2, 0.25) is 0 Å². The summed E-state index contributed by atoms with van der Waals surface area (Å²) in [6.45, 7) is 0.784. The number of piperidine rings is 1. The summed E-state index contributed by atoms with van der Waals surface area (Å²) in [6.07, 6.45) is 6.45. The number of imide groups is 1. The molecule has 0 radical (unpaired) electrons. The van der Waals surface area contributed by atoms with Crippen molar-refractivity contribution in [2.24, 2.45) is 12.5 Å². The first-order chi connectivity index (χ1) is 15.4. The fourth-order valence-corrected chi connectivity index (χ4v) is 5.24. The number of aromatic nitrogens is 4. The molecule has 3 aromatic heterocycles. The molecule has 2 fully saturated rings. The highest BCUT2D eigenvalue weighted by Gasteiger charge is 2.48. The van der Waals surface area contributed by atoms with Crippen molar-refractivity contribution < 1.29 is 19.1 Å². The molecule has 12 heteroatoms. The van der Waals surface area contributed by atoms with Crippen molar-refractivity contribution in [1.29, 1.82) is 0 Å². The maximum absolute atomic E-state index is 12.9. The minimum Gasteiger partial charge on any atom is -0.479 e. The second kappa shape index (κ2) is 7.55. The lowest BCUT2D eigenvalue weighted by Gasteiger charge is -2.36. The fraction of sp³-hybridized carbons (Fsp3) is 0.400. The minimum atomic E-state index is -0.679. The summed E-state index contributed by atoms with van der Waals surface area (Å²) in [5, 5.41) is 9.88. The van der Waals surface area contributed by atoms with Gasteiger partial charge in [-0.3, -0.25) is 24.9 Å². The van der Waals surface area contributed by atoms with Crippen LogP contribution in [0.15, 0.2) is 18.6 Å². The molecule has 2 saturated heterocycles. The number of nitrogens with one attached hydrogen (secondary N) is 2. The van der Waals surface area contributed by atoms with E-state index in [0.29, 0.717) is 42.5 Å². The molecule has 5 rings (SSSR count). The Kier molecular flexibility index (Phi) is 4.81. The van der Waals surface area contributed by atoms with Gasteiger partial charge in [0.15, 0.2) is 5.13 Å². The molecule has 4 amide bonds. The van der Waals surface area contributed by atoms with Gasteiger partial charge in [0, 0.05) is 50.1 Å². The molecule has 0 atom stereocenters. The van der Waals surface area contributed by atoms with Gasteiger partial charge >= 0.3 is 6.03 Å². The maximum Gasteiger partial charge on any atom is 0.323 e. The fourth-order valence-electron chi connectivity index (χ4n) is 4.26. The lowest BCUT2D eigenvalue weighted by molar-refractivity contribution is -0.130. The number of pyridine rings is 1. The van der Waals surface area contributed by atoms with E-state index in [-0.39, 0.29) is 24.3 Å². The van der Waals surface area contributed by atoms with Gasteiger partial charge in [-0.25, -0.2) is 14.8 Å². The molecule has 0 aliphatic carbocycles. The van der Waals surface area contributed by atoms with Gasteiger partial charge in [-0.1, -0.05) is 11.3 Å². The minimum absolute atomic E-state index is 0.197. The number of thiazole rings is 1. The Balaban J connectivity index is 1.36. The van der Waals surface area contributed by atoms with Crippen molar-refractivity contribution in [3.8, 4) is 17.0 Å². The summed E-state index contributed by atoms with van der Waals surface area (Å²) in [6, 6.07) is -0.293. The van der Waals surface area contributed by atoms with Crippen LogP contribution in [0.5, 0.6) is 5.88 Å². The molecule has 2 aliphatic rings. The molecule has 2 aliphatic heterocycles. The van der Waals surface area contributed by atoms with Gasteiger partial charge in [0.25, 0.3) is 0 Å². The van der Waals surface area contributed by atoms with Crippen LogP contribution >= 0.6 is 11.3 Å². The average molecular weight is 456 g/mol. The predicted molar refractivity (Wildman–Crippen MR) is 116 cm³/mol. The van der Waals surface area contributed by atoms with E-state index in [0.717, 1.165) is 15.8 Å². The molecule has 0 saturated carbocycles. The van der Waals surface area contributed by atoms with Gasteiger partial charge in [-0.15, -0.1) is 0 Å². The molecule has 1 spiro atoms. The highest BCUT2D eigenvalue weighted by atomic mass is 32.1. The standard InChI is InChI=1S/C20H21N7O4S/c1-26-10-11(8-22-26)12-9-21-16(31-2)14-15(12)32-18(24-14)25-19(30)27-5-3-20(4-6-27)7-13(28)23-17(20)29/h8-10H,3-7H2,1-2H3,(H,23,28,29)(H,24,25,30). The van der Waals surface area contributed by atoms with E-state index in [1.807, 2.05) is 13.2 Å². The Morgan fingerprint density at radius 3 is 2.69 bits per heavy atom. The summed E-state index contributed by atoms with van der Waals surface area (Å²) >= 11 is 1.33. The van der Waals surface area contributed by atoms with E-state index >= 15 is 0 Å². The third-order valence-corrected chi connectivity index (χ3v) is 7.05. The molecule has 32 heavy (non-hydrogen) atoms. The van der Waals surface area contributed by atoms with E-state index in [9.17, 15) is 14.4 Å². The summed E-state index contributed by atoms with van der Waals surface area (Å²) in [4.78, 5) is 47.1. The number of anilines is 1. The predicted octanol–water partition coefficient (Wildman–Crippen LogP) is 1.76. The Morgan fingerprint density at radius 1 is 1.28 bits per heavy atom. The molecule has 11 nitrogen and oxygen atoms in total. The van der Waals surface area contributed by atoms with Gasteiger partial charge in [-0.05, 0) is 12.8 Å². The molecule has 0 unspecified atom stereocenters. The summed E-state index contributed by atoms with van der Waals surface area (Å²) in [7, 11) is 3.36. The first kappa shape index (κ1) is 20.4. The van der Waals surface area contributed by atoms with Crippen LogP contribution in [0, 0.1) is 5.41 Å². The topological polar surface area (TPSA) is 131 Å². The first-order valence-electron chi connectivity index (χ1n) is 10.1. The van der Waals surface area contributed by atoms with Crippen LogP contribution in [-0.2, 0) is 16.6 Å². The van der Waals surface area contributed by atoms with Crippen molar-refractivity contribution in [3.05, 3.63) is 18.6 Å². The van der Waals surface area contributed by atoms with Gasteiger partial charge in [0.2, 0.25) is 17.7 Å². The monoisotopic (exact) mass is 455 g/mol.